The van der Waals surface area contributed by atoms with Crippen LogP contribution in [0.15, 0.2) is 0 Å². The molecule has 2 heterocycles. The van der Waals surface area contributed by atoms with Gasteiger partial charge in [0, 0.05) is 48.9 Å². The first kappa shape index (κ1) is 17.6. The first-order valence-corrected chi connectivity index (χ1v) is 9.96. The fourth-order valence-electron chi connectivity index (χ4n) is 3.93. The summed E-state index contributed by atoms with van der Waals surface area (Å²) in [5.41, 5.74) is 0.282. The number of amides is 1. The van der Waals surface area contributed by atoms with E-state index >= 15 is 0 Å². The predicted octanol–water partition coefficient (Wildman–Crippen LogP) is 3.40. The lowest BCUT2D eigenvalue weighted by Crippen LogP contribution is -2.61. The van der Waals surface area contributed by atoms with Gasteiger partial charge in [-0.2, -0.15) is 4.37 Å². The van der Waals surface area contributed by atoms with E-state index < -0.39 is 0 Å². The summed E-state index contributed by atoms with van der Waals surface area (Å²) in [7, 11) is 0. The van der Waals surface area contributed by atoms with Gasteiger partial charge in [-0.05, 0) is 24.7 Å². The molecule has 1 aliphatic heterocycles. The summed E-state index contributed by atoms with van der Waals surface area (Å²) in [4.78, 5) is 19.5. The van der Waals surface area contributed by atoms with Crippen molar-refractivity contribution in [3.05, 3.63) is 5.82 Å². The van der Waals surface area contributed by atoms with Crippen molar-refractivity contribution in [1.29, 1.82) is 0 Å². The number of nitrogens with zero attached hydrogens (tertiary/aromatic N) is 3. The largest absolute Gasteiger partial charge is 0.353 e. The van der Waals surface area contributed by atoms with Crippen molar-refractivity contribution in [1.82, 2.24) is 14.7 Å². The highest BCUT2D eigenvalue weighted by atomic mass is 32.1. The van der Waals surface area contributed by atoms with E-state index in [1.165, 1.54) is 30.8 Å². The van der Waals surface area contributed by atoms with Crippen LogP contribution < -0.4 is 10.2 Å². The molecule has 1 aromatic rings. The Morgan fingerprint density at radius 3 is 2.71 bits per heavy atom. The molecule has 1 N–H and O–H groups in total. The van der Waals surface area contributed by atoms with Gasteiger partial charge in [0.1, 0.15) is 5.82 Å². The van der Waals surface area contributed by atoms with Crippen molar-refractivity contribution in [2.24, 2.45) is 10.8 Å². The van der Waals surface area contributed by atoms with Crippen LogP contribution in [0.4, 0.5) is 5.13 Å². The van der Waals surface area contributed by atoms with E-state index in [2.05, 4.69) is 47.3 Å². The number of carbonyl (C=O) groups excluding carboxylic acids is 1. The van der Waals surface area contributed by atoms with Crippen LogP contribution >= 0.6 is 11.5 Å². The molecule has 0 radical (unpaired) electrons. The van der Waals surface area contributed by atoms with Gasteiger partial charge in [-0.3, -0.25) is 4.79 Å². The monoisotopic (exact) mass is 350 g/mol. The Balaban J connectivity index is 1.66. The van der Waals surface area contributed by atoms with Crippen LogP contribution in [-0.2, 0) is 11.2 Å². The molecule has 3 rings (SSSR count). The lowest BCUT2D eigenvalue weighted by molar-refractivity contribution is -0.125. The number of aromatic nitrogens is 2. The number of hydrogen-bond acceptors (Lipinski definition) is 5. The van der Waals surface area contributed by atoms with Crippen LogP contribution in [0.1, 0.15) is 65.6 Å². The fraction of sp³-hybridized carbons (Fsp3) is 0.833. The molecule has 1 atom stereocenters. The van der Waals surface area contributed by atoms with Crippen molar-refractivity contribution < 1.29 is 4.79 Å². The SMILES string of the molecule is CCc1nsc(N2CCC(NC(=O)CC(C)(C)C)C3(CCC3)C2)n1. The van der Waals surface area contributed by atoms with E-state index in [1.807, 2.05) is 0 Å². The molecule has 2 fully saturated rings. The standard InChI is InChI=1S/C18H30N4OS/c1-5-14-20-16(24-21-14)22-10-7-13(18(12-22)8-6-9-18)19-15(23)11-17(2,3)4/h13H,5-12H2,1-4H3,(H,19,23). The maximum absolute atomic E-state index is 12.4. The van der Waals surface area contributed by atoms with Gasteiger partial charge in [0.2, 0.25) is 11.0 Å². The molecule has 1 saturated carbocycles. The van der Waals surface area contributed by atoms with Crippen LogP contribution in [0.5, 0.6) is 0 Å². The first-order valence-electron chi connectivity index (χ1n) is 9.18. The number of rotatable bonds is 4. The molecule has 0 aromatic carbocycles. The molecule has 1 unspecified atom stereocenters. The highest BCUT2D eigenvalue weighted by molar-refractivity contribution is 7.09. The lowest BCUT2D eigenvalue weighted by atomic mass is 9.61. The van der Waals surface area contributed by atoms with Gasteiger partial charge in [-0.25, -0.2) is 4.98 Å². The predicted molar refractivity (Wildman–Crippen MR) is 98.4 cm³/mol. The minimum atomic E-state index is 0.0423. The second-order valence-electron chi connectivity index (χ2n) is 8.63. The molecule has 6 heteroatoms. The van der Waals surface area contributed by atoms with Crippen molar-refractivity contribution in [3.8, 4) is 0 Å². The number of aryl methyl sites for hydroxylation is 1. The fourth-order valence-corrected chi connectivity index (χ4v) is 4.70. The van der Waals surface area contributed by atoms with Gasteiger partial charge in [-0.15, -0.1) is 0 Å². The van der Waals surface area contributed by atoms with Gasteiger partial charge in [0.15, 0.2) is 0 Å². The highest BCUT2D eigenvalue weighted by Crippen LogP contribution is 2.48. The molecule has 1 saturated heterocycles. The summed E-state index contributed by atoms with van der Waals surface area (Å²) in [5, 5.41) is 4.41. The molecular formula is C18H30N4OS. The van der Waals surface area contributed by atoms with E-state index in [-0.39, 0.29) is 16.7 Å². The van der Waals surface area contributed by atoms with E-state index in [4.69, 9.17) is 0 Å². The number of anilines is 1. The van der Waals surface area contributed by atoms with Crippen LogP contribution in [0.2, 0.25) is 0 Å². The normalized spacial score (nSPS) is 23.2. The van der Waals surface area contributed by atoms with Gasteiger partial charge in [0.05, 0.1) is 0 Å². The summed E-state index contributed by atoms with van der Waals surface area (Å²) in [5.74, 6) is 1.15. The Morgan fingerprint density at radius 1 is 1.42 bits per heavy atom. The molecule has 1 amide bonds. The maximum atomic E-state index is 12.4. The Bertz CT molecular complexity index is 588. The van der Waals surface area contributed by atoms with Gasteiger partial charge in [-0.1, -0.05) is 34.1 Å². The third-order valence-corrected chi connectivity index (χ3v) is 6.17. The Labute approximate surface area is 149 Å². The zero-order valence-electron chi connectivity index (χ0n) is 15.4. The van der Waals surface area contributed by atoms with Crippen LogP contribution in [0.25, 0.3) is 0 Å². The van der Waals surface area contributed by atoms with Crippen LogP contribution in [-0.4, -0.2) is 34.4 Å². The maximum Gasteiger partial charge on any atom is 0.220 e. The molecule has 1 aromatic heterocycles. The highest BCUT2D eigenvalue weighted by Gasteiger charge is 2.48. The molecule has 1 spiro atoms. The van der Waals surface area contributed by atoms with E-state index in [0.29, 0.717) is 12.5 Å². The number of hydrogen-bond donors (Lipinski definition) is 1. The summed E-state index contributed by atoms with van der Waals surface area (Å²) >= 11 is 1.52. The molecular weight excluding hydrogens is 320 g/mol. The van der Waals surface area contributed by atoms with E-state index in [9.17, 15) is 4.79 Å². The Kier molecular flexibility index (Phi) is 4.87. The lowest BCUT2D eigenvalue weighted by Gasteiger charge is -2.54. The Morgan fingerprint density at radius 2 is 2.17 bits per heavy atom. The second kappa shape index (κ2) is 6.62. The molecule has 0 bridgehead atoms. The van der Waals surface area contributed by atoms with E-state index in [0.717, 1.165) is 36.9 Å². The van der Waals surface area contributed by atoms with Crippen LogP contribution in [0.3, 0.4) is 0 Å². The summed E-state index contributed by atoms with van der Waals surface area (Å²) in [6, 6.07) is 0.316. The number of piperidine rings is 1. The number of carbonyl (C=O) groups is 1. The van der Waals surface area contributed by atoms with Crippen LogP contribution in [0, 0.1) is 10.8 Å². The second-order valence-corrected chi connectivity index (χ2v) is 9.36. The number of nitrogens with one attached hydrogen (secondary N) is 1. The molecule has 5 nitrogen and oxygen atoms in total. The van der Waals surface area contributed by atoms with Crippen molar-refractivity contribution in [2.75, 3.05) is 18.0 Å². The minimum absolute atomic E-state index is 0.0423. The average Bonchev–Trinajstić information content (AvgIpc) is 2.93. The minimum Gasteiger partial charge on any atom is -0.353 e. The van der Waals surface area contributed by atoms with Crippen molar-refractivity contribution >= 4 is 22.6 Å². The summed E-state index contributed by atoms with van der Waals surface area (Å²) in [6.07, 6.45) is 6.19. The third-order valence-electron chi connectivity index (χ3n) is 5.35. The molecule has 1 aliphatic carbocycles. The quantitative estimate of drug-likeness (QED) is 0.904. The first-order chi connectivity index (χ1) is 11.3. The zero-order valence-corrected chi connectivity index (χ0v) is 16.2. The Hall–Kier alpha value is -1.17. The van der Waals surface area contributed by atoms with Gasteiger partial charge < -0.3 is 10.2 Å². The topological polar surface area (TPSA) is 58.1 Å². The van der Waals surface area contributed by atoms with Gasteiger partial charge in [0.25, 0.3) is 0 Å². The van der Waals surface area contributed by atoms with Gasteiger partial charge >= 0.3 is 0 Å². The zero-order chi connectivity index (χ0) is 17.4. The third kappa shape index (κ3) is 3.73. The summed E-state index contributed by atoms with van der Waals surface area (Å²) in [6.45, 7) is 10.4. The smallest absolute Gasteiger partial charge is 0.220 e. The van der Waals surface area contributed by atoms with Crippen molar-refractivity contribution in [2.45, 2.75) is 72.3 Å². The molecule has 134 valence electrons. The summed E-state index contributed by atoms with van der Waals surface area (Å²) < 4.78 is 4.43. The molecule has 24 heavy (non-hydrogen) atoms. The van der Waals surface area contributed by atoms with E-state index in [1.54, 1.807) is 0 Å². The van der Waals surface area contributed by atoms with Crippen molar-refractivity contribution in [3.63, 3.8) is 0 Å². The molecule has 2 aliphatic rings. The average molecular weight is 351 g/mol.